The van der Waals surface area contributed by atoms with Gasteiger partial charge in [0.2, 0.25) is 0 Å². The molecule has 0 heterocycles. The van der Waals surface area contributed by atoms with Crippen molar-refractivity contribution in [3.05, 3.63) is 35.4 Å². The highest BCUT2D eigenvalue weighted by atomic mass is 79.9. The van der Waals surface area contributed by atoms with Crippen LogP contribution in [0.15, 0.2) is 18.2 Å². The molecule has 2 unspecified atom stereocenters. The van der Waals surface area contributed by atoms with E-state index in [1.54, 1.807) is 6.07 Å². The highest BCUT2D eigenvalue weighted by Gasteiger charge is 2.21. The number of hydrogen-bond donors (Lipinski definition) is 0. The van der Waals surface area contributed by atoms with Crippen LogP contribution in [0.4, 0.5) is 8.78 Å². The zero-order valence-electron chi connectivity index (χ0n) is 9.76. The normalized spacial score (nSPS) is 25.6. The largest absolute Gasteiger partial charge is 0.204 e. The van der Waals surface area contributed by atoms with Crippen LogP contribution in [0.25, 0.3) is 0 Å². The van der Waals surface area contributed by atoms with Crippen molar-refractivity contribution in [1.29, 1.82) is 0 Å². The van der Waals surface area contributed by atoms with Crippen LogP contribution in [0.5, 0.6) is 0 Å². The lowest BCUT2D eigenvalue weighted by Crippen LogP contribution is -2.15. The van der Waals surface area contributed by atoms with E-state index in [0.29, 0.717) is 10.7 Å². The van der Waals surface area contributed by atoms with Crippen LogP contribution in [0.2, 0.25) is 0 Å². The van der Waals surface area contributed by atoms with Crippen molar-refractivity contribution in [3.63, 3.8) is 0 Å². The molecule has 17 heavy (non-hydrogen) atoms. The number of halogens is 3. The van der Waals surface area contributed by atoms with Crippen LogP contribution in [0, 0.1) is 17.6 Å². The van der Waals surface area contributed by atoms with Gasteiger partial charge in [-0.3, -0.25) is 0 Å². The molecule has 0 nitrogen and oxygen atoms in total. The van der Waals surface area contributed by atoms with Gasteiger partial charge in [-0.15, -0.1) is 0 Å². The number of benzene rings is 1. The topological polar surface area (TPSA) is 0 Å². The molecular formula is C14H17BrF2. The molecule has 0 amide bonds. The lowest BCUT2D eigenvalue weighted by Gasteiger charge is -2.19. The molecule has 2 atom stereocenters. The van der Waals surface area contributed by atoms with E-state index in [2.05, 4.69) is 15.9 Å². The summed E-state index contributed by atoms with van der Waals surface area (Å²) in [7, 11) is 0. The predicted octanol–water partition coefficient (Wildman–Crippen LogP) is 4.85. The molecule has 1 aromatic rings. The van der Waals surface area contributed by atoms with E-state index in [4.69, 9.17) is 0 Å². The Bertz CT molecular complexity index is 378. The van der Waals surface area contributed by atoms with Crippen molar-refractivity contribution >= 4 is 15.9 Å². The second-order valence-electron chi connectivity index (χ2n) is 4.87. The van der Waals surface area contributed by atoms with E-state index in [-0.39, 0.29) is 0 Å². The molecule has 0 aliphatic heterocycles. The summed E-state index contributed by atoms with van der Waals surface area (Å²) >= 11 is 3.73. The molecule has 1 aliphatic rings. The van der Waals surface area contributed by atoms with Gasteiger partial charge in [0.05, 0.1) is 0 Å². The molecule has 0 spiro atoms. The number of alkyl halides is 1. The Hall–Kier alpha value is -0.440. The van der Waals surface area contributed by atoms with E-state index in [9.17, 15) is 8.78 Å². The van der Waals surface area contributed by atoms with Crippen LogP contribution in [-0.4, -0.2) is 4.83 Å². The summed E-state index contributed by atoms with van der Waals surface area (Å²) in [5.74, 6) is -0.949. The van der Waals surface area contributed by atoms with Gasteiger partial charge >= 0.3 is 0 Å². The third-order valence-corrected chi connectivity index (χ3v) is 4.75. The maximum Gasteiger partial charge on any atom is 0.159 e. The van der Waals surface area contributed by atoms with Crippen molar-refractivity contribution in [1.82, 2.24) is 0 Å². The molecule has 0 bridgehead atoms. The first kappa shape index (κ1) is 13.0. The van der Waals surface area contributed by atoms with Crippen molar-refractivity contribution < 1.29 is 8.78 Å². The van der Waals surface area contributed by atoms with E-state index in [0.717, 1.165) is 12.0 Å². The van der Waals surface area contributed by atoms with Gasteiger partial charge in [-0.2, -0.15) is 0 Å². The van der Waals surface area contributed by atoms with Crippen molar-refractivity contribution in [3.8, 4) is 0 Å². The molecule has 1 aliphatic carbocycles. The molecule has 2 rings (SSSR count). The first-order chi connectivity index (χ1) is 8.16. The Morgan fingerprint density at radius 2 is 1.82 bits per heavy atom. The maximum atomic E-state index is 13.1. The minimum absolute atomic E-state index is 0.512. The van der Waals surface area contributed by atoms with Crippen LogP contribution in [0.3, 0.4) is 0 Å². The molecule has 0 N–H and O–H groups in total. The fourth-order valence-corrected chi connectivity index (χ4v) is 3.31. The molecule has 1 fully saturated rings. The zero-order valence-corrected chi connectivity index (χ0v) is 11.3. The summed E-state index contributed by atoms with van der Waals surface area (Å²) in [6.45, 7) is 0. The Morgan fingerprint density at radius 3 is 2.59 bits per heavy atom. The van der Waals surface area contributed by atoms with Crippen LogP contribution >= 0.6 is 15.9 Å². The minimum Gasteiger partial charge on any atom is -0.204 e. The lowest BCUT2D eigenvalue weighted by atomic mass is 9.92. The van der Waals surface area contributed by atoms with Crippen molar-refractivity contribution in [2.45, 2.75) is 43.4 Å². The van der Waals surface area contributed by atoms with E-state index in [1.807, 2.05) is 0 Å². The Balaban J connectivity index is 2.05. The van der Waals surface area contributed by atoms with Gasteiger partial charge in [0, 0.05) is 4.83 Å². The average Bonchev–Trinajstić information content (AvgIpc) is 2.50. The zero-order chi connectivity index (χ0) is 12.3. The van der Waals surface area contributed by atoms with Gasteiger partial charge in [0.25, 0.3) is 0 Å². The minimum atomic E-state index is -0.759. The molecule has 0 saturated heterocycles. The quantitative estimate of drug-likeness (QED) is 0.541. The smallest absolute Gasteiger partial charge is 0.159 e. The van der Waals surface area contributed by atoms with Crippen LogP contribution < -0.4 is 0 Å². The summed E-state index contributed by atoms with van der Waals surface area (Å²) in [5, 5.41) is 0. The van der Waals surface area contributed by atoms with Gasteiger partial charge in [-0.25, -0.2) is 8.78 Å². The molecular weight excluding hydrogens is 286 g/mol. The van der Waals surface area contributed by atoms with E-state index >= 15 is 0 Å². The highest BCUT2D eigenvalue weighted by molar-refractivity contribution is 9.09. The number of hydrogen-bond acceptors (Lipinski definition) is 0. The SMILES string of the molecule is Fc1ccc(CC2CCCCCC2Br)cc1F. The van der Waals surface area contributed by atoms with Gasteiger partial charge in [0.15, 0.2) is 11.6 Å². The second-order valence-corrected chi connectivity index (χ2v) is 6.04. The van der Waals surface area contributed by atoms with Crippen LogP contribution in [-0.2, 0) is 6.42 Å². The Labute approximate surface area is 110 Å². The summed E-state index contributed by atoms with van der Waals surface area (Å²) in [4.78, 5) is 0.512. The summed E-state index contributed by atoms with van der Waals surface area (Å²) in [6, 6.07) is 4.26. The summed E-state index contributed by atoms with van der Waals surface area (Å²) in [6.07, 6.45) is 7.01. The molecule has 0 aromatic heterocycles. The summed E-state index contributed by atoms with van der Waals surface area (Å²) < 4.78 is 26.0. The first-order valence-electron chi connectivity index (χ1n) is 6.25. The Morgan fingerprint density at radius 1 is 1.06 bits per heavy atom. The summed E-state index contributed by atoms with van der Waals surface area (Å²) in [5.41, 5.74) is 0.903. The maximum absolute atomic E-state index is 13.1. The van der Waals surface area contributed by atoms with Crippen LogP contribution in [0.1, 0.15) is 37.7 Å². The van der Waals surface area contributed by atoms with Crippen molar-refractivity contribution in [2.24, 2.45) is 5.92 Å². The number of rotatable bonds is 2. The lowest BCUT2D eigenvalue weighted by molar-refractivity contribution is 0.469. The molecule has 1 saturated carbocycles. The average molecular weight is 303 g/mol. The molecule has 0 radical (unpaired) electrons. The van der Waals surface area contributed by atoms with E-state index in [1.165, 1.54) is 44.2 Å². The highest BCUT2D eigenvalue weighted by Crippen LogP contribution is 2.31. The Kier molecular flexibility index (Phi) is 4.55. The predicted molar refractivity (Wildman–Crippen MR) is 69.4 cm³/mol. The molecule has 94 valence electrons. The van der Waals surface area contributed by atoms with E-state index < -0.39 is 11.6 Å². The molecule has 1 aromatic carbocycles. The molecule has 3 heteroatoms. The third-order valence-electron chi connectivity index (χ3n) is 3.55. The third kappa shape index (κ3) is 3.51. The fourth-order valence-electron chi connectivity index (χ4n) is 2.54. The van der Waals surface area contributed by atoms with Gasteiger partial charge in [-0.05, 0) is 42.9 Å². The standard InChI is InChI=1S/C14H17BrF2/c15-12-5-3-1-2-4-11(12)8-10-6-7-13(16)14(17)9-10/h6-7,9,11-12H,1-5,8H2. The van der Waals surface area contributed by atoms with Gasteiger partial charge in [-0.1, -0.05) is 41.3 Å². The monoisotopic (exact) mass is 302 g/mol. The second kappa shape index (κ2) is 5.94. The first-order valence-corrected chi connectivity index (χ1v) is 7.16. The fraction of sp³-hybridized carbons (Fsp3) is 0.571. The van der Waals surface area contributed by atoms with Crippen molar-refractivity contribution in [2.75, 3.05) is 0 Å². The van der Waals surface area contributed by atoms with Gasteiger partial charge < -0.3 is 0 Å². The van der Waals surface area contributed by atoms with Gasteiger partial charge in [0.1, 0.15) is 0 Å².